The minimum absolute atomic E-state index is 0.0116. The number of methoxy groups -OCH3 is 1. The first-order valence-electron chi connectivity index (χ1n) is 12.1. The van der Waals surface area contributed by atoms with Crippen LogP contribution in [0, 0.1) is 5.82 Å². The summed E-state index contributed by atoms with van der Waals surface area (Å²) in [5.41, 5.74) is 4.74. The maximum Gasteiger partial charge on any atom is 0.246 e. The summed E-state index contributed by atoms with van der Waals surface area (Å²) in [7, 11) is 1.62. The molecule has 0 bridgehead atoms. The number of piperazine rings is 1. The molecule has 4 aromatic rings. The fraction of sp³-hybridized carbons (Fsp3) is 0.241. The van der Waals surface area contributed by atoms with E-state index in [2.05, 4.69) is 11.1 Å². The average Bonchev–Trinajstić information content (AvgIpc) is 3.28. The van der Waals surface area contributed by atoms with Crippen LogP contribution in [0.4, 0.5) is 4.39 Å². The minimum atomic E-state index is -0.610. The fourth-order valence-electron chi connectivity index (χ4n) is 5.64. The van der Waals surface area contributed by atoms with Crippen molar-refractivity contribution < 1.29 is 18.7 Å². The van der Waals surface area contributed by atoms with Crippen LogP contribution in [0.1, 0.15) is 28.4 Å². The molecule has 3 heterocycles. The van der Waals surface area contributed by atoms with Crippen LogP contribution in [0.3, 0.4) is 0 Å². The number of carbonyl (C=O) groups is 2. The van der Waals surface area contributed by atoms with Crippen molar-refractivity contribution in [3.63, 3.8) is 0 Å². The van der Waals surface area contributed by atoms with Crippen LogP contribution < -0.4 is 4.74 Å². The Bertz CT molecular complexity index is 1460. The molecule has 1 N–H and O–H groups in total. The molecule has 6 rings (SSSR count). The molecule has 36 heavy (non-hydrogen) atoms. The second-order valence-electron chi connectivity index (χ2n) is 9.36. The highest BCUT2D eigenvalue weighted by molar-refractivity contribution is 5.97. The molecule has 0 saturated carbocycles. The number of ether oxygens (including phenoxy) is 1. The highest BCUT2D eigenvalue weighted by Crippen LogP contribution is 2.44. The number of nitrogens with one attached hydrogen (secondary N) is 1. The average molecular weight is 484 g/mol. The lowest BCUT2D eigenvalue weighted by Gasteiger charge is -2.47. The predicted octanol–water partition coefficient (Wildman–Crippen LogP) is 4.24. The van der Waals surface area contributed by atoms with Gasteiger partial charge >= 0.3 is 0 Å². The minimum Gasteiger partial charge on any atom is -0.496 e. The van der Waals surface area contributed by atoms with Crippen LogP contribution in [0.25, 0.3) is 10.9 Å². The summed E-state index contributed by atoms with van der Waals surface area (Å²) in [4.78, 5) is 34.4. The van der Waals surface area contributed by atoms with E-state index in [1.54, 1.807) is 29.0 Å². The summed E-state index contributed by atoms with van der Waals surface area (Å²) in [6.45, 7) is 0.415. The Kier molecular flexibility index (Phi) is 5.48. The van der Waals surface area contributed by atoms with E-state index in [9.17, 15) is 14.0 Å². The molecule has 6 nitrogen and oxygen atoms in total. The molecule has 0 spiro atoms. The number of aromatic amines is 1. The number of fused-ring (bicyclic) bond motifs is 4. The van der Waals surface area contributed by atoms with Gasteiger partial charge in [-0.3, -0.25) is 9.59 Å². The number of hydrogen-bond acceptors (Lipinski definition) is 3. The summed E-state index contributed by atoms with van der Waals surface area (Å²) in [6, 6.07) is 20.9. The van der Waals surface area contributed by atoms with Crippen molar-refractivity contribution in [2.45, 2.75) is 24.9 Å². The van der Waals surface area contributed by atoms with Gasteiger partial charge in [0.2, 0.25) is 11.8 Å². The molecule has 0 aliphatic carbocycles. The summed E-state index contributed by atoms with van der Waals surface area (Å²) < 4.78 is 19.0. The SMILES string of the molecule is COc1ccccc1[C@@H]1c2[nH]c3ccccc3c2C[C@H]2C(=O)N(CCc3ccc(F)cc3)CC(=O)N12. The highest BCUT2D eigenvalue weighted by Gasteiger charge is 2.48. The zero-order chi connectivity index (χ0) is 24.8. The Morgan fingerprint density at radius 1 is 1.00 bits per heavy atom. The quantitative estimate of drug-likeness (QED) is 0.462. The molecule has 2 amide bonds. The van der Waals surface area contributed by atoms with Gasteiger partial charge in [-0.05, 0) is 41.8 Å². The van der Waals surface area contributed by atoms with E-state index >= 15 is 0 Å². The van der Waals surface area contributed by atoms with Crippen molar-refractivity contribution in [1.82, 2.24) is 14.8 Å². The molecule has 2 aliphatic heterocycles. The van der Waals surface area contributed by atoms with Crippen molar-refractivity contribution in [2.24, 2.45) is 0 Å². The van der Waals surface area contributed by atoms with Gasteiger partial charge in [-0.1, -0.05) is 48.5 Å². The van der Waals surface area contributed by atoms with E-state index in [-0.39, 0.29) is 24.2 Å². The van der Waals surface area contributed by atoms with Crippen molar-refractivity contribution in [1.29, 1.82) is 0 Å². The Morgan fingerprint density at radius 2 is 1.75 bits per heavy atom. The third-order valence-electron chi connectivity index (χ3n) is 7.36. The van der Waals surface area contributed by atoms with E-state index in [1.807, 2.05) is 42.5 Å². The number of H-pyrrole nitrogens is 1. The van der Waals surface area contributed by atoms with E-state index in [0.29, 0.717) is 25.1 Å². The molecule has 1 aromatic heterocycles. The van der Waals surface area contributed by atoms with Gasteiger partial charge in [-0.2, -0.15) is 0 Å². The molecule has 1 fully saturated rings. The molecule has 182 valence electrons. The smallest absolute Gasteiger partial charge is 0.246 e. The normalized spacial score (nSPS) is 19.4. The van der Waals surface area contributed by atoms with E-state index in [1.165, 1.54) is 12.1 Å². The fourth-order valence-corrected chi connectivity index (χ4v) is 5.64. The zero-order valence-electron chi connectivity index (χ0n) is 19.9. The predicted molar refractivity (Wildman–Crippen MR) is 134 cm³/mol. The summed E-state index contributed by atoms with van der Waals surface area (Å²) in [5.74, 6) is 0.218. The van der Waals surface area contributed by atoms with Gasteiger partial charge in [-0.25, -0.2) is 4.39 Å². The number of carbonyl (C=O) groups excluding carboxylic acids is 2. The number of hydrogen-bond donors (Lipinski definition) is 1. The molecular formula is C29H26FN3O3. The number of amides is 2. The first-order valence-corrected chi connectivity index (χ1v) is 12.1. The number of nitrogens with zero attached hydrogens (tertiary/aromatic N) is 2. The summed E-state index contributed by atoms with van der Waals surface area (Å²) in [5, 5.41) is 1.07. The summed E-state index contributed by atoms with van der Waals surface area (Å²) in [6.07, 6.45) is 1.00. The third kappa shape index (κ3) is 3.63. The standard InChI is InChI=1S/C29H26FN3O3/c1-36-25-9-5-3-7-21(25)28-27-22(20-6-2-4-8-23(20)31-27)16-24-29(35)32(17-26(34)33(24)28)15-14-18-10-12-19(30)13-11-18/h2-13,24,28,31H,14-17H2,1H3/t24-,28+/m0/s1. The maximum atomic E-state index is 13.8. The second kappa shape index (κ2) is 8.82. The number of para-hydroxylation sites is 2. The van der Waals surface area contributed by atoms with E-state index in [4.69, 9.17) is 4.74 Å². The lowest BCUT2D eigenvalue weighted by Crippen LogP contribution is -2.63. The van der Waals surface area contributed by atoms with Crippen LogP contribution in [-0.2, 0) is 22.4 Å². The van der Waals surface area contributed by atoms with Gasteiger partial charge in [0.05, 0.1) is 13.7 Å². The van der Waals surface area contributed by atoms with Crippen LogP contribution in [0.5, 0.6) is 5.75 Å². The van der Waals surface area contributed by atoms with Gasteiger partial charge < -0.3 is 19.5 Å². The van der Waals surface area contributed by atoms with Crippen LogP contribution in [0.2, 0.25) is 0 Å². The number of aromatic nitrogens is 1. The molecule has 2 aliphatic rings. The highest BCUT2D eigenvalue weighted by atomic mass is 19.1. The lowest BCUT2D eigenvalue weighted by atomic mass is 9.86. The summed E-state index contributed by atoms with van der Waals surface area (Å²) >= 11 is 0. The van der Waals surface area contributed by atoms with Crippen molar-refractivity contribution in [3.05, 3.63) is 101 Å². The van der Waals surface area contributed by atoms with Gasteiger partial charge in [0.1, 0.15) is 23.7 Å². The Labute approximate surface area is 208 Å². The van der Waals surface area contributed by atoms with Gasteiger partial charge in [0.25, 0.3) is 0 Å². The molecule has 0 unspecified atom stereocenters. The Hall–Kier alpha value is -4.13. The van der Waals surface area contributed by atoms with Crippen molar-refractivity contribution in [2.75, 3.05) is 20.2 Å². The molecular weight excluding hydrogens is 457 g/mol. The van der Waals surface area contributed by atoms with Gasteiger partial charge in [-0.15, -0.1) is 0 Å². The molecule has 1 saturated heterocycles. The molecule has 2 atom stereocenters. The first kappa shape index (κ1) is 22.3. The van der Waals surface area contributed by atoms with Crippen LogP contribution in [0.15, 0.2) is 72.8 Å². The van der Waals surface area contributed by atoms with Gasteiger partial charge in [0, 0.05) is 35.1 Å². The van der Waals surface area contributed by atoms with Crippen molar-refractivity contribution >= 4 is 22.7 Å². The molecule has 3 aromatic carbocycles. The first-order chi connectivity index (χ1) is 17.5. The molecule has 0 radical (unpaired) electrons. The topological polar surface area (TPSA) is 65.6 Å². The Balaban J connectivity index is 1.40. The number of halogens is 1. The lowest BCUT2D eigenvalue weighted by molar-refractivity contribution is -0.158. The third-order valence-corrected chi connectivity index (χ3v) is 7.36. The monoisotopic (exact) mass is 483 g/mol. The second-order valence-corrected chi connectivity index (χ2v) is 9.36. The zero-order valence-corrected chi connectivity index (χ0v) is 19.9. The van der Waals surface area contributed by atoms with Crippen molar-refractivity contribution in [3.8, 4) is 5.75 Å². The van der Waals surface area contributed by atoms with Crippen LogP contribution in [-0.4, -0.2) is 52.8 Å². The molecule has 7 heteroatoms. The van der Waals surface area contributed by atoms with Gasteiger partial charge in [0.15, 0.2) is 0 Å². The van der Waals surface area contributed by atoms with E-state index < -0.39 is 12.1 Å². The number of benzene rings is 3. The van der Waals surface area contributed by atoms with Crippen LogP contribution >= 0.6 is 0 Å². The largest absolute Gasteiger partial charge is 0.496 e. The number of rotatable bonds is 5. The van der Waals surface area contributed by atoms with E-state index in [0.717, 1.165) is 33.3 Å². The Morgan fingerprint density at radius 3 is 2.56 bits per heavy atom. The maximum absolute atomic E-state index is 13.8.